The average Bonchev–Trinajstić information content (AvgIpc) is 2.69. The summed E-state index contributed by atoms with van der Waals surface area (Å²) in [6, 6.07) is 6.13. The lowest BCUT2D eigenvalue weighted by molar-refractivity contribution is -0.153. The Morgan fingerprint density at radius 3 is 2.60 bits per heavy atom. The minimum atomic E-state index is -0.854. The number of hydrogen-bond donors (Lipinski definition) is 2. The third-order valence-electron chi connectivity index (χ3n) is 4.43. The van der Waals surface area contributed by atoms with Gasteiger partial charge in [-0.25, -0.2) is 0 Å². The first-order valence-electron chi connectivity index (χ1n) is 6.88. The molecule has 2 aliphatic rings. The Morgan fingerprint density at radius 2 is 1.95 bits per heavy atom. The highest BCUT2D eigenvalue weighted by Crippen LogP contribution is 2.37. The minimum absolute atomic E-state index is 0.0284. The first-order valence-corrected chi connectivity index (χ1v) is 7.67. The summed E-state index contributed by atoms with van der Waals surface area (Å²) in [6.45, 7) is 0. The van der Waals surface area contributed by atoms with Crippen molar-refractivity contribution in [3.8, 4) is 0 Å². The van der Waals surface area contributed by atoms with Gasteiger partial charge >= 0.3 is 5.97 Å². The van der Waals surface area contributed by atoms with Gasteiger partial charge in [-0.1, -0.05) is 22.0 Å². The zero-order valence-corrected chi connectivity index (χ0v) is 12.5. The van der Waals surface area contributed by atoms with Crippen molar-refractivity contribution in [1.82, 2.24) is 5.32 Å². The van der Waals surface area contributed by atoms with Crippen LogP contribution in [0.1, 0.15) is 36.4 Å². The molecule has 1 amide bonds. The van der Waals surface area contributed by atoms with Crippen LogP contribution in [0.3, 0.4) is 0 Å². The molecule has 3 unspecified atom stereocenters. The SMILES string of the molecule is O=C(O)C1CCC1C(=O)NC1CCc2cc(Br)ccc21. The van der Waals surface area contributed by atoms with Gasteiger partial charge in [0.15, 0.2) is 0 Å². The van der Waals surface area contributed by atoms with Gasteiger partial charge in [-0.2, -0.15) is 0 Å². The predicted molar refractivity (Wildman–Crippen MR) is 77.2 cm³/mol. The van der Waals surface area contributed by atoms with Crippen LogP contribution >= 0.6 is 15.9 Å². The van der Waals surface area contributed by atoms with Crippen LogP contribution in [0.25, 0.3) is 0 Å². The van der Waals surface area contributed by atoms with E-state index in [-0.39, 0.29) is 17.9 Å². The van der Waals surface area contributed by atoms with E-state index in [0.717, 1.165) is 22.9 Å². The second-order valence-electron chi connectivity index (χ2n) is 5.57. The molecule has 0 saturated heterocycles. The molecular formula is C15H16BrNO3. The summed E-state index contributed by atoms with van der Waals surface area (Å²) in [7, 11) is 0. The lowest BCUT2D eigenvalue weighted by atomic mass is 9.73. The quantitative estimate of drug-likeness (QED) is 0.890. The number of amides is 1. The topological polar surface area (TPSA) is 66.4 Å². The summed E-state index contributed by atoms with van der Waals surface area (Å²) >= 11 is 3.45. The van der Waals surface area contributed by atoms with Crippen molar-refractivity contribution < 1.29 is 14.7 Å². The van der Waals surface area contributed by atoms with Crippen molar-refractivity contribution in [3.63, 3.8) is 0 Å². The molecule has 0 radical (unpaired) electrons. The third kappa shape index (κ3) is 2.35. The average molecular weight is 338 g/mol. The maximum Gasteiger partial charge on any atom is 0.307 e. The Balaban J connectivity index is 1.68. The Labute approximate surface area is 125 Å². The molecule has 1 aromatic rings. The number of aliphatic carboxylic acids is 1. The number of carbonyl (C=O) groups excluding carboxylic acids is 1. The second-order valence-corrected chi connectivity index (χ2v) is 6.49. The van der Waals surface area contributed by atoms with Crippen LogP contribution in [0.5, 0.6) is 0 Å². The molecule has 3 rings (SSSR count). The van der Waals surface area contributed by atoms with Crippen molar-refractivity contribution in [3.05, 3.63) is 33.8 Å². The molecule has 20 heavy (non-hydrogen) atoms. The van der Waals surface area contributed by atoms with Gasteiger partial charge < -0.3 is 10.4 Å². The van der Waals surface area contributed by atoms with Crippen LogP contribution < -0.4 is 5.32 Å². The molecule has 5 heteroatoms. The zero-order chi connectivity index (χ0) is 14.3. The van der Waals surface area contributed by atoms with Crippen LogP contribution in [0.15, 0.2) is 22.7 Å². The van der Waals surface area contributed by atoms with Gasteiger partial charge in [0.25, 0.3) is 0 Å². The van der Waals surface area contributed by atoms with Gasteiger partial charge in [0.05, 0.1) is 17.9 Å². The Morgan fingerprint density at radius 1 is 1.20 bits per heavy atom. The molecular weight excluding hydrogens is 322 g/mol. The van der Waals surface area contributed by atoms with E-state index in [0.29, 0.717) is 12.8 Å². The van der Waals surface area contributed by atoms with E-state index in [1.54, 1.807) is 0 Å². The van der Waals surface area contributed by atoms with Gasteiger partial charge in [0.1, 0.15) is 0 Å². The van der Waals surface area contributed by atoms with E-state index in [9.17, 15) is 9.59 Å². The largest absolute Gasteiger partial charge is 0.481 e. The second kappa shape index (κ2) is 5.20. The van der Waals surface area contributed by atoms with Crippen molar-refractivity contribution in [1.29, 1.82) is 0 Å². The van der Waals surface area contributed by atoms with Gasteiger partial charge in [-0.15, -0.1) is 0 Å². The molecule has 1 fully saturated rings. The van der Waals surface area contributed by atoms with Crippen molar-refractivity contribution >= 4 is 27.8 Å². The van der Waals surface area contributed by atoms with Crippen LogP contribution in [-0.2, 0) is 16.0 Å². The van der Waals surface area contributed by atoms with Crippen molar-refractivity contribution in [2.45, 2.75) is 31.7 Å². The van der Waals surface area contributed by atoms with E-state index in [1.165, 1.54) is 5.56 Å². The molecule has 0 bridgehead atoms. The molecule has 2 N–H and O–H groups in total. The Hall–Kier alpha value is -1.36. The van der Waals surface area contributed by atoms with Crippen molar-refractivity contribution in [2.75, 3.05) is 0 Å². The maximum absolute atomic E-state index is 12.2. The number of carbonyl (C=O) groups is 2. The molecule has 1 aromatic carbocycles. The fraction of sp³-hybridized carbons (Fsp3) is 0.467. The molecule has 106 valence electrons. The van der Waals surface area contributed by atoms with Gasteiger partial charge in [-0.05, 0) is 48.9 Å². The number of rotatable bonds is 3. The summed E-state index contributed by atoms with van der Waals surface area (Å²) in [6.07, 6.45) is 3.14. The fourth-order valence-corrected chi connectivity index (χ4v) is 3.53. The fourth-order valence-electron chi connectivity index (χ4n) is 3.12. The lowest BCUT2D eigenvalue weighted by Gasteiger charge is -2.33. The van der Waals surface area contributed by atoms with E-state index < -0.39 is 11.9 Å². The highest BCUT2D eigenvalue weighted by molar-refractivity contribution is 9.10. The van der Waals surface area contributed by atoms with E-state index in [4.69, 9.17) is 5.11 Å². The molecule has 4 nitrogen and oxygen atoms in total. The summed E-state index contributed by atoms with van der Waals surface area (Å²) in [5.74, 6) is -1.82. The molecule has 0 heterocycles. The molecule has 0 aliphatic heterocycles. The summed E-state index contributed by atoms with van der Waals surface area (Å²) in [4.78, 5) is 23.2. The van der Waals surface area contributed by atoms with Gasteiger partial charge in [-0.3, -0.25) is 9.59 Å². The van der Waals surface area contributed by atoms with E-state index >= 15 is 0 Å². The third-order valence-corrected chi connectivity index (χ3v) is 4.92. The highest BCUT2D eigenvalue weighted by atomic mass is 79.9. The number of nitrogens with one attached hydrogen (secondary N) is 1. The lowest BCUT2D eigenvalue weighted by Crippen LogP contribution is -2.44. The normalized spacial score (nSPS) is 27.6. The molecule has 0 spiro atoms. The number of aryl methyl sites for hydroxylation is 1. The Bertz CT molecular complexity index is 572. The van der Waals surface area contributed by atoms with E-state index in [1.807, 2.05) is 12.1 Å². The standard InChI is InChI=1S/C15H16BrNO3/c16-9-2-3-10-8(7-9)1-6-13(10)17-14(18)11-4-5-12(11)15(19)20/h2-3,7,11-13H,1,4-6H2,(H,17,18)(H,19,20). The number of carboxylic acids is 1. The molecule has 1 saturated carbocycles. The first kappa shape index (κ1) is 13.6. The van der Waals surface area contributed by atoms with Crippen molar-refractivity contribution in [2.24, 2.45) is 11.8 Å². The van der Waals surface area contributed by atoms with Crippen LogP contribution in [0, 0.1) is 11.8 Å². The van der Waals surface area contributed by atoms with Crippen LogP contribution in [-0.4, -0.2) is 17.0 Å². The zero-order valence-electron chi connectivity index (χ0n) is 10.9. The predicted octanol–water partition coefficient (Wildman–Crippen LogP) is 2.66. The monoisotopic (exact) mass is 337 g/mol. The minimum Gasteiger partial charge on any atom is -0.481 e. The Kier molecular flexibility index (Phi) is 3.54. The van der Waals surface area contributed by atoms with Crippen LogP contribution in [0.2, 0.25) is 0 Å². The number of benzene rings is 1. The number of carboxylic acid groups (broad SMARTS) is 1. The molecule has 2 aliphatic carbocycles. The number of fused-ring (bicyclic) bond motifs is 1. The van der Waals surface area contributed by atoms with E-state index in [2.05, 4.69) is 27.3 Å². The summed E-state index contributed by atoms with van der Waals surface area (Å²) in [5.41, 5.74) is 2.42. The van der Waals surface area contributed by atoms with Gasteiger partial charge in [0, 0.05) is 4.47 Å². The summed E-state index contributed by atoms with van der Waals surface area (Å²) in [5, 5.41) is 12.0. The first-order chi connectivity index (χ1) is 9.56. The summed E-state index contributed by atoms with van der Waals surface area (Å²) < 4.78 is 1.05. The number of hydrogen-bond acceptors (Lipinski definition) is 2. The number of halogens is 1. The van der Waals surface area contributed by atoms with Gasteiger partial charge in [0.2, 0.25) is 5.91 Å². The smallest absolute Gasteiger partial charge is 0.307 e. The molecule has 3 atom stereocenters. The highest BCUT2D eigenvalue weighted by Gasteiger charge is 2.42. The molecule has 0 aromatic heterocycles. The van der Waals surface area contributed by atoms with Crippen LogP contribution in [0.4, 0.5) is 0 Å². The maximum atomic E-state index is 12.2.